The van der Waals surface area contributed by atoms with E-state index in [2.05, 4.69) is 11.9 Å². The Morgan fingerprint density at radius 1 is 1.44 bits per heavy atom. The third kappa shape index (κ3) is 3.77. The molecule has 86 valence electrons. The Balaban J connectivity index is 2.64. The second-order valence-electron chi connectivity index (χ2n) is 3.33. The molecule has 0 aliphatic rings. The summed E-state index contributed by atoms with van der Waals surface area (Å²) in [6, 6.07) is 6.12. The Hall–Kier alpha value is -1.77. The van der Waals surface area contributed by atoms with E-state index in [0.717, 1.165) is 17.9 Å². The highest BCUT2D eigenvalue weighted by atomic mass is 19.1. The quantitative estimate of drug-likeness (QED) is 0.604. The molecule has 0 radical (unpaired) electrons. The molecular weight excluding hydrogens is 205 g/mol. The summed E-state index contributed by atoms with van der Waals surface area (Å²) < 4.78 is 17.8. The van der Waals surface area contributed by atoms with Crippen molar-refractivity contribution >= 4 is 5.69 Å². The molecule has 0 fully saturated rings. The van der Waals surface area contributed by atoms with Gasteiger partial charge in [0, 0.05) is 17.8 Å². The number of benzene rings is 1. The molecule has 1 rings (SSSR count). The van der Waals surface area contributed by atoms with Crippen LogP contribution in [0.1, 0.15) is 13.3 Å². The molecule has 0 unspecified atom stereocenters. The smallest absolute Gasteiger partial charge is 0.123 e. The van der Waals surface area contributed by atoms with Crippen LogP contribution in [0, 0.1) is 5.82 Å². The van der Waals surface area contributed by atoms with E-state index in [4.69, 9.17) is 4.74 Å². The summed E-state index contributed by atoms with van der Waals surface area (Å²) in [5.74, 6) is 0.595. The minimum atomic E-state index is -0.252. The first-order chi connectivity index (χ1) is 7.65. The summed E-state index contributed by atoms with van der Waals surface area (Å²) in [7, 11) is 1.63. The molecule has 1 aromatic rings. The maximum atomic E-state index is 12.7. The Bertz CT molecular complexity index is 375. The van der Waals surface area contributed by atoms with Gasteiger partial charge >= 0.3 is 0 Å². The van der Waals surface area contributed by atoms with Gasteiger partial charge in [0.25, 0.3) is 0 Å². The summed E-state index contributed by atoms with van der Waals surface area (Å²) in [4.78, 5) is 0. The molecule has 0 spiro atoms. The van der Waals surface area contributed by atoms with Crippen LogP contribution in [0.3, 0.4) is 0 Å². The molecule has 0 saturated carbocycles. The molecule has 1 aromatic carbocycles. The average molecular weight is 221 g/mol. The number of hydrogen-bond acceptors (Lipinski definition) is 2. The Labute approximate surface area is 95.4 Å². The van der Waals surface area contributed by atoms with Gasteiger partial charge in [-0.2, -0.15) is 0 Å². The van der Waals surface area contributed by atoms with Gasteiger partial charge in [0.15, 0.2) is 0 Å². The van der Waals surface area contributed by atoms with Crippen molar-refractivity contribution in [1.82, 2.24) is 0 Å². The highest BCUT2D eigenvalue weighted by Gasteiger charge is 1.96. The van der Waals surface area contributed by atoms with Gasteiger partial charge in [-0.15, -0.1) is 0 Å². The lowest BCUT2D eigenvalue weighted by Crippen LogP contribution is -1.97. The molecule has 0 amide bonds. The fourth-order valence-electron chi connectivity index (χ4n) is 1.25. The van der Waals surface area contributed by atoms with Crippen LogP contribution < -0.4 is 5.32 Å². The van der Waals surface area contributed by atoms with Crippen molar-refractivity contribution in [1.29, 1.82) is 0 Å². The van der Waals surface area contributed by atoms with Gasteiger partial charge in [-0.1, -0.05) is 13.5 Å². The number of allylic oxidation sites excluding steroid dienone is 2. The maximum Gasteiger partial charge on any atom is 0.123 e. The van der Waals surface area contributed by atoms with Crippen molar-refractivity contribution in [2.24, 2.45) is 0 Å². The lowest BCUT2D eigenvalue weighted by Gasteiger charge is -2.08. The van der Waals surface area contributed by atoms with Crippen LogP contribution in [-0.4, -0.2) is 7.11 Å². The molecule has 0 aromatic heterocycles. The molecule has 2 nitrogen and oxygen atoms in total. The van der Waals surface area contributed by atoms with Crippen LogP contribution in [0.25, 0.3) is 0 Å². The molecule has 0 aliphatic carbocycles. The second-order valence-corrected chi connectivity index (χ2v) is 3.33. The largest absolute Gasteiger partial charge is 0.501 e. The third-order valence-corrected chi connectivity index (χ3v) is 2.09. The summed E-state index contributed by atoms with van der Waals surface area (Å²) in [6.07, 6.45) is 2.63. The zero-order valence-corrected chi connectivity index (χ0v) is 9.59. The van der Waals surface area contributed by atoms with Crippen LogP contribution in [0.5, 0.6) is 0 Å². The van der Waals surface area contributed by atoms with Crippen molar-refractivity contribution in [3.05, 3.63) is 54.2 Å². The molecule has 16 heavy (non-hydrogen) atoms. The molecule has 0 atom stereocenters. The lowest BCUT2D eigenvalue weighted by molar-refractivity contribution is 0.280. The first-order valence-corrected chi connectivity index (χ1v) is 5.11. The van der Waals surface area contributed by atoms with Crippen LogP contribution in [0.4, 0.5) is 10.1 Å². The number of rotatable bonds is 5. The number of anilines is 1. The lowest BCUT2D eigenvalue weighted by atomic mass is 10.2. The number of ether oxygens (including phenoxy) is 1. The van der Waals surface area contributed by atoms with Gasteiger partial charge in [-0.3, -0.25) is 0 Å². The summed E-state index contributed by atoms with van der Waals surface area (Å²) >= 11 is 0. The number of hydrogen-bond donors (Lipinski definition) is 1. The van der Waals surface area contributed by atoms with Crippen LogP contribution >= 0.6 is 0 Å². The number of methoxy groups -OCH3 is 1. The average Bonchev–Trinajstić information content (AvgIpc) is 2.29. The SMILES string of the molecule is C=C(/C=C(\CC)OC)Nc1ccc(F)cc1. The van der Waals surface area contributed by atoms with E-state index in [0.29, 0.717) is 5.70 Å². The van der Waals surface area contributed by atoms with Crippen LogP contribution in [-0.2, 0) is 4.74 Å². The number of nitrogens with one attached hydrogen (secondary N) is 1. The molecule has 0 saturated heterocycles. The van der Waals surface area contributed by atoms with Crippen molar-refractivity contribution in [2.45, 2.75) is 13.3 Å². The topological polar surface area (TPSA) is 21.3 Å². The van der Waals surface area contributed by atoms with Gasteiger partial charge in [0.05, 0.1) is 12.9 Å². The molecule has 0 aliphatic heterocycles. The maximum absolute atomic E-state index is 12.7. The van der Waals surface area contributed by atoms with E-state index in [1.165, 1.54) is 12.1 Å². The standard InChI is InChI=1S/C13H16FNO/c1-4-13(16-3)9-10(2)15-12-7-5-11(14)6-8-12/h5-9,15H,2,4H2,1,3H3/b13-9+. The van der Waals surface area contributed by atoms with Gasteiger partial charge in [0.1, 0.15) is 5.82 Å². The van der Waals surface area contributed by atoms with E-state index >= 15 is 0 Å². The monoisotopic (exact) mass is 221 g/mol. The molecule has 0 heterocycles. The predicted octanol–water partition coefficient (Wildman–Crippen LogP) is 3.69. The van der Waals surface area contributed by atoms with Gasteiger partial charge in [0.2, 0.25) is 0 Å². The predicted molar refractivity (Wildman–Crippen MR) is 64.5 cm³/mol. The zero-order chi connectivity index (χ0) is 12.0. The third-order valence-electron chi connectivity index (χ3n) is 2.09. The van der Waals surface area contributed by atoms with E-state index in [1.54, 1.807) is 19.2 Å². The minimum Gasteiger partial charge on any atom is -0.501 e. The highest BCUT2D eigenvalue weighted by molar-refractivity contribution is 5.50. The molecular formula is C13H16FNO. The normalized spacial score (nSPS) is 11.1. The fourth-order valence-corrected chi connectivity index (χ4v) is 1.25. The van der Waals surface area contributed by atoms with E-state index in [1.807, 2.05) is 13.0 Å². The minimum absolute atomic E-state index is 0.252. The van der Waals surface area contributed by atoms with Crippen molar-refractivity contribution in [3.63, 3.8) is 0 Å². The van der Waals surface area contributed by atoms with Crippen molar-refractivity contribution in [2.75, 3.05) is 12.4 Å². The first kappa shape index (κ1) is 12.3. The van der Waals surface area contributed by atoms with Crippen LogP contribution in [0.15, 0.2) is 48.4 Å². The van der Waals surface area contributed by atoms with Gasteiger partial charge in [-0.25, -0.2) is 4.39 Å². The highest BCUT2D eigenvalue weighted by Crippen LogP contribution is 2.12. The van der Waals surface area contributed by atoms with Gasteiger partial charge in [-0.05, 0) is 30.3 Å². The Morgan fingerprint density at radius 3 is 2.56 bits per heavy atom. The summed E-state index contributed by atoms with van der Waals surface area (Å²) in [5.41, 5.74) is 1.51. The molecule has 0 bridgehead atoms. The fraction of sp³-hybridized carbons (Fsp3) is 0.231. The summed E-state index contributed by atoms with van der Waals surface area (Å²) in [6.45, 7) is 5.85. The Kier molecular flexibility index (Phi) is 4.58. The second kappa shape index (κ2) is 5.95. The molecule has 1 N–H and O–H groups in total. The van der Waals surface area contributed by atoms with Crippen molar-refractivity contribution < 1.29 is 9.13 Å². The Morgan fingerprint density at radius 2 is 2.06 bits per heavy atom. The summed E-state index contributed by atoms with van der Waals surface area (Å²) in [5, 5.41) is 3.05. The van der Waals surface area contributed by atoms with E-state index < -0.39 is 0 Å². The first-order valence-electron chi connectivity index (χ1n) is 5.11. The van der Waals surface area contributed by atoms with Gasteiger partial charge < -0.3 is 10.1 Å². The van der Waals surface area contributed by atoms with E-state index in [-0.39, 0.29) is 5.82 Å². The van der Waals surface area contributed by atoms with Crippen molar-refractivity contribution in [3.8, 4) is 0 Å². The van der Waals surface area contributed by atoms with Crippen LogP contribution in [0.2, 0.25) is 0 Å². The number of halogens is 1. The zero-order valence-electron chi connectivity index (χ0n) is 9.59. The van der Waals surface area contributed by atoms with E-state index in [9.17, 15) is 4.39 Å². The molecule has 3 heteroatoms.